The van der Waals surface area contributed by atoms with Gasteiger partial charge >= 0.3 is 0 Å². The molecule has 0 fully saturated rings. The van der Waals surface area contributed by atoms with Gasteiger partial charge in [0.05, 0.1) is 16.6 Å². The zero-order valence-corrected chi connectivity index (χ0v) is 10.8. The minimum Gasteiger partial charge on any atom is -0.454 e. The smallest absolute Gasteiger partial charge is 0.150 e. The summed E-state index contributed by atoms with van der Waals surface area (Å²) in [6.07, 6.45) is 1.72. The Morgan fingerprint density at radius 2 is 2.06 bits per heavy atom. The maximum atomic E-state index is 6.11. The van der Waals surface area contributed by atoms with E-state index in [4.69, 9.17) is 27.9 Å². The molecule has 0 unspecified atom stereocenters. The van der Waals surface area contributed by atoms with Crippen LogP contribution in [-0.4, -0.2) is 4.98 Å². The van der Waals surface area contributed by atoms with Gasteiger partial charge in [0.1, 0.15) is 5.75 Å². The molecule has 0 spiro atoms. The number of rotatable bonds is 3. The maximum absolute atomic E-state index is 6.11. The fraction of sp³-hybridized carbons (Fsp3) is 0.154. The van der Waals surface area contributed by atoms with Crippen LogP contribution >= 0.6 is 23.2 Å². The van der Waals surface area contributed by atoms with Crippen LogP contribution in [-0.2, 0) is 5.88 Å². The predicted octanol–water partition coefficient (Wildman–Crippen LogP) is 4.57. The van der Waals surface area contributed by atoms with Gasteiger partial charge in [0.15, 0.2) is 5.75 Å². The molecule has 0 saturated carbocycles. The fourth-order valence-corrected chi connectivity index (χ4v) is 1.90. The lowest BCUT2D eigenvalue weighted by Crippen LogP contribution is -1.93. The van der Waals surface area contributed by atoms with E-state index in [1.807, 2.05) is 31.2 Å². The van der Waals surface area contributed by atoms with E-state index in [1.54, 1.807) is 12.3 Å². The molecule has 0 saturated heterocycles. The third-order valence-electron chi connectivity index (χ3n) is 2.36. The van der Waals surface area contributed by atoms with E-state index in [0.717, 1.165) is 11.3 Å². The molecule has 0 bridgehead atoms. The molecule has 1 heterocycles. The lowest BCUT2D eigenvalue weighted by atomic mass is 10.2. The molecule has 4 heteroatoms. The van der Waals surface area contributed by atoms with E-state index in [2.05, 4.69) is 4.98 Å². The molecule has 0 aliphatic heterocycles. The van der Waals surface area contributed by atoms with Crippen LogP contribution in [0.1, 0.15) is 11.3 Å². The van der Waals surface area contributed by atoms with Gasteiger partial charge in [-0.25, -0.2) is 0 Å². The summed E-state index contributed by atoms with van der Waals surface area (Å²) >= 11 is 12.0. The maximum Gasteiger partial charge on any atom is 0.150 e. The summed E-state index contributed by atoms with van der Waals surface area (Å²) in [5.74, 6) is 1.64. The molecule has 0 radical (unpaired) electrons. The van der Waals surface area contributed by atoms with Gasteiger partial charge < -0.3 is 4.74 Å². The van der Waals surface area contributed by atoms with Crippen molar-refractivity contribution in [2.75, 3.05) is 0 Å². The molecule has 1 aromatic carbocycles. The number of benzene rings is 1. The van der Waals surface area contributed by atoms with E-state index < -0.39 is 0 Å². The number of ether oxygens (including phenoxy) is 1. The Morgan fingerprint density at radius 3 is 2.76 bits per heavy atom. The van der Waals surface area contributed by atoms with Crippen LogP contribution in [0.5, 0.6) is 11.5 Å². The van der Waals surface area contributed by atoms with Crippen LogP contribution in [0.25, 0.3) is 0 Å². The van der Waals surface area contributed by atoms with Crippen LogP contribution in [0.15, 0.2) is 36.5 Å². The molecule has 1 aromatic heterocycles. The van der Waals surface area contributed by atoms with E-state index >= 15 is 0 Å². The van der Waals surface area contributed by atoms with E-state index in [9.17, 15) is 0 Å². The third-order valence-corrected chi connectivity index (χ3v) is 2.95. The summed E-state index contributed by atoms with van der Waals surface area (Å²) in [6.45, 7) is 1.88. The van der Waals surface area contributed by atoms with Gasteiger partial charge in [-0.1, -0.05) is 23.7 Å². The number of alkyl halides is 1. The Morgan fingerprint density at radius 1 is 1.24 bits per heavy atom. The molecule has 0 aliphatic carbocycles. The first-order valence-corrected chi connectivity index (χ1v) is 6.06. The minimum absolute atomic E-state index is 0.356. The summed E-state index contributed by atoms with van der Waals surface area (Å²) in [5.41, 5.74) is 1.68. The van der Waals surface area contributed by atoms with Crippen molar-refractivity contribution >= 4 is 23.2 Å². The van der Waals surface area contributed by atoms with Gasteiger partial charge in [0, 0.05) is 11.8 Å². The molecule has 2 nitrogen and oxygen atoms in total. The van der Waals surface area contributed by atoms with Crippen LogP contribution in [0.3, 0.4) is 0 Å². The van der Waals surface area contributed by atoms with Crippen molar-refractivity contribution in [3.63, 3.8) is 0 Å². The van der Waals surface area contributed by atoms with Crippen LogP contribution < -0.4 is 4.74 Å². The summed E-state index contributed by atoms with van der Waals surface area (Å²) < 4.78 is 5.78. The van der Waals surface area contributed by atoms with Crippen LogP contribution in [0.4, 0.5) is 0 Å². The quantitative estimate of drug-likeness (QED) is 0.760. The number of aromatic nitrogens is 1. The Kier molecular flexibility index (Phi) is 3.87. The van der Waals surface area contributed by atoms with Gasteiger partial charge in [0.2, 0.25) is 0 Å². The Bertz CT molecular complexity index is 529. The van der Waals surface area contributed by atoms with Gasteiger partial charge in [-0.3, -0.25) is 4.98 Å². The van der Waals surface area contributed by atoms with Crippen LogP contribution in [0.2, 0.25) is 5.02 Å². The molecule has 88 valence electrons. The molecule has 0 amide bonds. The van der Waals surface area contributed by atoms with Gasteiger partial charge in [-0.05, 0) is 25.1 Å². The third kappa shape index (κ3) is 2.71. The summed E-state index contributed by atoms with van der Waals surface area (Å²) in [6, 6.07) is 9.19. The van der Waals surface area contributed by atoms with Gasteiger partial charge in [-0.15, -0.1) is 11.6 Å². The van der Waals surface area contributed by atoms with Gasteiger partial charge in [0.25, 0.3) is 0 Å². The first-order valence-electron chi connectivity index (χ1n) is 5.15. The predicted molar refractivity (Wildman–Crippen MR) is 70.1 cm³/mol. The lowest BCUT2D eigenvalue weighted by Gasteiger charge is -2.12. The van der Waals surface area contributed by atoms with E-state index in [1.165, 1.54) is 0 Å². The summed E-state index contributed by atoms with van der Waals surface area (Å²) in [5, 5.41) is 0.548. The van der Waals surface area contributed by atoms with Gasteiger partial charge in [-0.2, -0.15) is 0 Å². The fourth-order valence-electron chi connectivity index (χ4n) is 1.46. The second kappa shape index (κ2) is 5.39. The molecule has 0 atom stereocenters. The second-order valence-electron chi connectivity index (χ2n) is 3.55. The molecule has 0 N–H and O–H groups in total. The molecule has 2 aromatic rings. The average Bonchev–Trinajstić information content (AvgIpc) is 2.34. The molecular formula is C13H11Cl2NO. The zero-order valence-electron chi connectivity index (χ0n) is 9.28. The largest absolute Gasteiger partial charge is 0.454 e. The first kappa shape index (κ1) is 12.2. The lowest BCUT2D eigenvalue weighted by molar-refractivity contribution is 0.472. The van der Waals surface area contributed by atoms with Crippen molar-refractivity contribution in [3.05, 3.63) is 52.8 Å². The first-order chi connectivity index (χ1) is 8.22. The topological polar surface area (TPSA) is 22.1 Å². The average molecular weight is 268 g/mol. The Labute approximate surface area is 110 Å². The summed E-state index contributed by atoms with van der Waals surface area (Å²) in [4.78, 5) is 4.16. The molecular weight excluding hydrogens is 257 g/mol. The van der Waals surface area contributed by atoms with Crippen molar-refractivity contribution in [1.29, 1.82) is 0 Å². The monoisotopic (exact) mass is 267 g/mol. The molecule has 0 aliphatic rings. The number of hydrogen-bond acceptors (Lipinski definition) is 2. The number of para-hydroxylation sites is 1. The molecule has 17 heavy (non-hydrogen) atoms. The Hall–Kier alpha value is -1.25. The minimum atomic E-state index is 0.356. The highest BCUT2D eigenvalue weighted by atomic mass is 35.5. The highest BCUT2D eigenvalue weighted by molar-refractivity contribution is 6.32. The van der Waals surface area contributed by atoms with Crippen molar-refractivity contribution in [2.45, 2.75) is 12.8 Å². The van der Waals surface area contributed by atoms with Crippen LogP contribution in [0, 0.1) is 6.92 Å². The van der Waals surface area contributed by atoms with Crippen molar-refractivity contribution in [2.24, 2.45) is 0 Å². The normalized spacial score (nSPS) is 10.3. The zero-order chi connectivity index (χ0) is 12.3. The van der Waals surface area contributed by atoms with Crippen molar-refractivity contribution in [3.8, 4) is 11.5 Å². The highest BCUT2D eigenvalue weighted by Crippen LogP contribution is 2.34. The number of nitrogens with zero attached hydrogens (tertiary/aromatic N) is 1. The number of hydrogen-bond donors (Lipinski definition) is 0. The summed E-state index contributed by atoms with van der Waals surface area (Å²) in [7, 11) is 0. The number of aryl methyl sites for hydroxylation is 1. The highest BCUT2D eigenvalue weighted by Gasteiger charge is 2.10. The molecule has 2 rings (SSSR count). The van der Waals surface area contributed by atoms with E-state index in [0.29, 0.717) is 22.4 Å². The number of halogens is 2. The second-order valence-corrected chi connectivity index (χ2v) is 4.23. The van der Waals surface area contributed by atoms with Crippen molar-refractivity contribution in [1.82, 2.24) is 4.98 Å². The van der Waals surface area contributed by atoms with E-state index in [-0.39, 0.29) is 0 Å². The van der Waals surface area contributed by atoms with Crippen molar-refractivity contribution < 1.29 is 4.74 Å². The standard InChI is InChI=1S/C13H11Cl2NO/c1-9-12(6-3-7-16-9)17-13-10(8-14)4-2-5-11(13)15/h2-7H,8H2,1H3. The Balaban J connectivity index is 2.39. The number of pyridine rings is 1. The SMILES string of the molecule is Cc1ncccc1Oc1c(Cl)cccc1CCl.